The Bertz CT molecular complexity index is 826. The summed E-state index contributed by atoms with van der Waals surface area (Å²) in [6.07, 6.45) is 79.7. The molecule has 3 unspecified atom stereocenters. The van der Waals surface area contributed by atoms with Crippen molar-refractivity contribution in [3.8, 4) is 0 Å². The van der Waals surface area contributed by atoms with Crippen LogP contribution in [0.2, 0.25) is 0 Å². The van der Waals surface area contributed by atoms with Crippen molar-refractivity contribution in [3.63, 3.8) is 0 Å². The van der Waals surface area contributed by atoms with E-state index >= 15 is 0 Å². The molecule has 398 valence electrons. The molecule has 0 saturated carbocycles. The van der Waals surface area contributed by atoms with E-state index in [1.165, 1.54) is 353 Å². The van der Waals surface area contributed by atoms with Gasteiger partial charge in [0, 0.05) is 0 Å². The molecule has 0 aliphatic rings. The number of aliphatic hydroxyl groups is 2. The molecule has 66 heavy (non-hydrogen) atoms. The summed E-state index contributed by atoms with van der Waals surface area (Å²) in [5, 5.41) is 21.8. The summed E-state index contributed by atoms with van der Waals surface area (Å²) in [6.45, 7) is 6.92. The Labute approximate surface area is 419 Å². The van der Waals surface area contributed by atoms with Crippen LogP contribution in [0.4, 0.5) is 0 Å². The molecule has 2 heteroatoms. The third-order valence-corrected chi connectivity index (χ3v) is 15.8. The topological polar surface area (TPSA) is 40.5 Å². The summed E-state index contributed by atoms with van der Waals surface area (Å²) in [4.78, 5) is 0. The maximum Gasteiger partial charge on any atom is 0.0568 e. The first-order valence-electron chi connectivity index (χ1n) is 32.0. The van der Waals surface area contributed by atoms with Gasteiger partial charge in [0.15, 0.2) is 0 Å². The van der Waals surface area contributed by atoms with Gasteiger partial charge in [0.25, 0.3) is 0 Å². The predicted octanol–water partition coefficient (Wildman–Crippen LogP) is 23.0. The summed E-state index contributed by atoms with van der Waals surface area (Å²) < 4.78 is 0. The summed E-state index contributed by atoms with van der Waals surface area (Å²) in [5.41, 5.74) is 0. The van der Waals surface area contributed by atoms with Crippen LogP contribution in [-0.2, 0) is 0 Å². The first-order chi connectivity index (χ1) is 32.7. The number of hydrogen-bond donors (Lipinski definition) is 2. The smallest absolute Gasteiger partial charge is 0.0568 e. The molecule has 0 heterocycles. The average Bonchev–Trinajstić information content (AvgIpc) is 3.32. The summed E-state index contributed by atoms with van der Waals surface area (Å²) in [7, 11) is 0. The Hall–Kier alpha value is -0.0800. The van der Waals surface area contributed by atoms with E-state index in [1.54, 1.807) is 0 Å². The molecule has 0 aliphatic carbocycles. The van der Waals surface area contributed by atoms with Crippen LogP contribution < -0.4 is 0 Å². The molecular weight excluding hydrogens is 801 g/mol. The van der Waals surface area contributed by atoms with Crippen molar-refractivity contribution in [2.75, 3.05) is 0 Å². The Morgan fingerprint density at radius 1 is 0.182 bits per heavy atom. The molecule has 0 fully saturated rings. The fourth-order valence-corrected chi connectivity index (χ4v) is 11.0. The lowest BCUT2D eigenvalue weighted by Crippen LogP contribution is -2.20. The lowest BCUT2D eigenvalue weighted by Gasteiger charge is -2.23. The zero-order chi connectivity index (χ0) is 47.7. The van der Waals surface area contributed by atoms with E-state index in [-0.39, 0.29) is 12.2 Å². The molecule has 0 bridgehead atoms. The zero-order valence-corrected chi connectivity index (χ0v) is 46.6. The monoisotopic (exact) mass is 931 g/mol. The van der Waals surface area contributed by atoms with Crippen molar-refractivity contribution in [1.29, 1.82) is 0 Å². The summed E-state index contributed by atoms with van der Waals surface area (Å²) in [6, 6.07) is 0. The summed E-state index contributed by atoms with van der Waals surface area (Å²) >= 11 is 0. The van der Waals surface area contributed by atoms with Crippen LogP contribution in [0.1, 0.15) is 393 Å². The number of hydrogen-bond acceptors (Lipinski definition) is 2. The van der Waals surface area contributed by atoms with Crippen LogP contribution in [0.15, 0.2) is 0 Å². The van der Waals surface area contributed by atoms with Crippen molar-refractivity contribution in [2.24, 2.45) is 5.92 Å². The lowest BCUT2D eigenvalue weighted by molar-refractivity contribution is 0.0829. The molecule has 0 aromatic rings. The Morgan fingerprint density at radius 3 is 0.530 bits per heavy atom. The average molecular weight is 932 g/mol. The molecule has 0 aromatic carbocycles. The van der Waals surface area contributed by atoms with Gasteiger partial charge in [0.2, 0.25) is 0 Å². The van der Waals surface area contributed by atoms with Crippen LogP contribution in [-0.4, -0.2) is 22.4 Å². The van der Waals surface area contributed by atoms with Crippen molar-refractivity contribution in [2.45, 2.75) is 405 Å². The van der Waals surface area contributed by atoms with E-state index in [0.717, 1.165) is 19.3 Å². The van der Waals surface area contributed by atoms with E-state index in [0.29, 0.717) is 5.92 Å². The van der Waals surface area contributed by atoms with Crippen LogP contribution in [0.3, 0.4) is 0 Å². The molecule has 3 atom stereocenters. The van der Waals surface area contributed by atoms with E-state index in [4.69, 9.17) is 0 Å². The van der Waals surface area contributed by atoms with Crippen molar-refractivity contribution >= 4 is 0 Å². The molecular formula is C64H130O2. The quantitative estimate of drug-likeness (QED) is 0.0597. The molecule has 0 aliphatic heterocycles. The minimum absolute atomic E-state index is 0.0501. The highest BCUT2D eigenvalue weighted by molar-refractivity contribution is 4.71. The third-order valence-electron chi connectivity index (χ3n) is 15.8. The molecule has 0 rings (SSSR count). The highest BCUT2D eigenvalue weighted by atomic mass is 16.3. The maximum absolute atomic E-state index is 11.4. The van der Waals surface area contributed by atoms with E-state index in [2.05, 4.69) is 20.8 Å². The molecule has 2 nitrogen and oxygen atoms in total. The van der Waals surface area contributed by atoms with Gasteiger partial charge in [-0.2, -0.15) is 0 Å². The fraction of sp³-hybridized carbons (Fsp3) is 1.00. The van der Waals surface area contributed by atoms with E-state index in [1.807, 2.05) is 0 Å². The SMILES string of the molecule is CCCCCCCCCCCCCCCCC(CCCCCCCCCCCCCC)C(O)CCCCCCCCCCCCCCCCCC(O)CCCCCCCCCCCCCC. The predicted molar refractivity (Wildman–Crippen MR) is 300 cm³/mol. The van der Waals surface area contributed by atoms with Crippen LogP contribution in [0.5, 0.6) is 0 Å². The maximum atomic E-state index is 11.4. The van der Waals surface area contributed by atoms with Gasteiger partial charge in [-0.25, -0.2) is 0 Å². The van der Waals surface area contributed by atoms with Gasteiger partial charge in [-0.3, -0.25) is 0 Å². The first-order valence-corrected chi connectivity index (χ1v) is 32.0. The molecule has 2 N–H and O–H groups in total. The number of unbranched alkanes of at least 4 members (excludes halogenated alkanes) is 49. The minimum atomic E-state index is -0.0635. The number of aliphatic hydroxyl groups excluding tert-OH is 2. The summed E-state index contributed by atoms with van der Waals surface area (Å²) in [5.74, 6) is 0.545. The Kier molecular flexibility index (Phi) is 59.2. The lowest BCUT2D eigenvalue weighted by atomic mass is 9.87. The highest BCUT2D eigenvalue weighted by Crippen LogP contribution is 2.26. The van der Waals surface area contributed by atoms with Gasteiger partial charge in [0.05, 0.1) is 12.2 Å². The molecule has 0 radical (unpaired) electrons. The highest BCUT2D eigenvalue weighted by Gasteiger charge is 2.18. The van der Waals surface area contributed by atoms with Gasteiger partial charge in [-0.05, 0) is 38.0 Å². The molecule has 0 aromatic heterocycles. The second-order valence-corrected chi connectivity index (χ2v) is 22.6. The second-order valence-electron chi connectivity index (χ2n) is 22.6. The van der Waals surface area contributed by atoms with Crippen LogP contribution in [0.25, 0.3) is 0 Å². The van der Waals surface area contributed by atoms with Gasteiger partial charge >= 0.3 is 0 Å². The molecule has 0 amide bonds. The van der Waals surface area contributed by atoms with Gasteiger partial charge < -0.3 is 10.2 Å². The van der Waals surface area contributed by atoms with E-state index < -0.39 is 0 Å². The van der Waals surface area contributed by atoms with Crippen molar-refractivity contribution < 1.29 is 10.2 Å². The third kappa shape index (κ3) is 54.9. The van der Waals surface area contributed by atoms with Crippen molar-refractivity contribution in [1.82, 2.24) is 0 Å². The van der Waals surface area contributed by atoms with Gasteiger partial charge in [0.1, 0.15) is 0 Å². The number of rotatable bonds is 60. The minimum Gasteiger partial charge on any atom is -0.393 e. The molecule has 0 saturated heterocycles. The van der Waals surface area contributed by atoms with Crippen molar-refractivity contribution in [3.05, 3.63) is 0 Å². The largest absolute Gasteiger partial charge is 0.393 e. The van der Waals surface area contributed by atoms with Gasteiger partial charge in [-0.1, -0.05) is 361 Å². The normalized spacial score (nSPS) is 13.2. The Balaban J connectivity index is 3.88. The standard InChI is InChI=1S/C64H130O2/c1-4-7-10-13-16-19-22-25-29-33-38-43-48-53-58-62(57-52-47-42-37-32-23-20-17-14-11-8-5-2)64(66)61-56-51-46-41-36-31-28-26-27-30-35-40-45-50-55-60-63(65)59-54-49-44-39-34-24-21-18-15-12-9-6-3/h62-66H,4-61H2,1-3H3. The van der Waals surface area contributed by atoms with E-state index in [9.17, 15) is 10.2 Å². The molecule has 0 spiro atoms. The van der Waals surface area contributed by atoms with Crippen LogP contribution in [0, 0.1) is 5.92 Å². The first kappa shape index (κ1) is 65.9. The second kappa shape index (κ2) is 59.2. The van der Waals surface area contributed by atoms with Crippen LogP contribution >= 0.6 is 0 Å². The zero-order valence-electron chi connectivity index (χ0n) is 46.6. The Morgan fingerprint density at radius 2 is 0.333 bits per heavy atom. The fourth-order valence-electron chi connectivity index (χ4n) is 11.0. The van der Waals surface area contributed by atoms with Gasteiger partial charge in [-0.15, -0.1) is 0 Å².